The molecular formula is C13H16O2S. The van der Waals surface area contributed by atoms with E-state index in [2.05, 4.69) is 12.1 Å². The smallest absolute Gasteiger partial charge is 0.119 e. The van der Waals surface area contributed by atoms with Gasteiger partial charge in [-0.05, 0) is 31.4 Å². The van der Waals surface area contributed by atoms with E-state index >= 15 is 0 Å². The topological polar surface area (TPSA) is 29.5 Å². The second-order valence-electron chi connectivity index (χ2n) is 4.06. The van der Waals surface area contributed by atoms with Gasteiger partial charge in [-0.25, -0.2) is 0 Å². The van der Waals surface area contributed by atoms with Crippen molar-refractivity contribution in [1.29, 1.82) is 0 Å². The third-order valence-electron chi connectivity index (χ3n) is 2.54. The highest BCUT2D eigenvalue weighted by atomic mass is 32.1. The van der Waals surface area contributed by atoms with Crippen LogP contribution in [0.15, 0.2) is 30.3 Å². The van der Waals surface area contributed by atoms with Gasteiger partial charge in [0.2, 0.25) is 0 Å². The molecule has 2 nitrogen and oxygen atoms in total. The first kappa shape index (κ1) is 11.6. The minimum absolute atomic E-state index is 0.344. The fourth-order valence-electron chi connectivity index (χ4n) is 1.62. The van der Waals surface area contributed by atoms with Gasteiger partial charge in [0.1, 0.15) is 5.60 Å². The van der Waals surface area contributed by atoms with Gasteiger partial charge in [0, 0.05) is 16.2 Å². The molecular weight excluding hydrogens is 220 g/mol. The van der Waals surface area contributed by atoms with Gasteiger partial charge in [-0.3, -0.25) is 0 Å². The van der Waals surface area contributed by atoms with Crippen molar-refractivity contribution in [3.8, 4) is 0 Å². The van der Waals surface area contributed by atoms with Crippen molar-refractivity contribution in [1.82, 2.24) is 0 Å². The second kappa shape index (κ2) is 4.53. The Balaban J connectivity index is 2.31. The lowest BCUT2D eigenvalue weighted by atomic mass is 10.1. The normalized spacial score (nSPS) is 15.2. The van der Waals surface area contributed by atoms with Gasteiger partial charge in [-0.2, -0.15) is 0 Å². The summed E-state index contributed by atoms with van der Waals surface area (Å²) in [5.41, 5.74) is -0.889. The maximum absolute atomic E-state index is 10.3. The Hall–Kier alpha value is -0.900. The van der Waals surface area contributed by atoms with E-state index in [1.54, 1.807) is 18.3 Å². The molecule has 0 bridgehead atoms. The Bertz CT molecular complexity index is 440. The molecule has 1 unspecified atom stereocenters. The van der Waals surface area contributed by atoms with E-state index in [1.807, 2.05) is 25.1 Å². The second-order valence-corrected chi connectivity index (χ2v) is 5.14. The van der Waals surface area contributed by atoms with E-state index < -0.39 is 5.60 Å². The minimum atomic E-state index is -0.889. The molecule has 2 aromatic rings. The van der Waals surface area contributed by atoms with E-state index in [1.165, 1.54) is 10.1 Å². The van der Waals surface area contributed by atoms with Crippen LogP contribution in [0.3, 0.4) is 0 Å². The number of ether oxygens (including phenoxy) is 1. The molecule has 16 heavy (non-hydrogen) atoms. The van der Waals surface area contributed by atoms with Crippen molar-refractivity contribution >= 4 is 21.4 Å². The van der Waals surface area contributed by atoms with Crippen LogP contribution in [0.25, 0.3) is 10.1 Å². The SMILES string of the molecule is CCOCC(C)(O)c1cc2ccccc2s1. The highest BCUT2D eigenvalue weighted by Gasteiger charge is 2.25. The highest BCUT2D eigenvalue weighted by molar-refractivity contribution is 7.19. The summed E-state index contributed by atoms with van der Waals surface area (Å²) >= 11 is 1.62. The van der Waals surface area contributed by atoms with Crippen LogP contribution < -0.4 is 0 Å². The van der Waals surface area contributed by atoms with Crippen LogP contribution in [0.1, 0.15) is 18.7 Å². The highest BCUT2D eigenvalue weighted by Crippen LogP contribution is 2.33. The average Bonchev–Trinajstić information content (AvgIpc) is 2.71. The summed E-state index contributed by atoms with van der Waals surface area (Å²) in [6, 6.07) is 10.2. The van der Waals surface area contributed by atoms with Crippen molar-refractivity contribution in [2.45, 2.75) is 19.4 Å². The molecule has 86 valence electrons. The Morgan fingerprint density at radius 2 is 2.12 bits per heavy atom. The molecule has 3 heteroatoms. The maximum atomic E-state index is 10.3. The zero-order valence-electron chi connectivity index (χ0n) is 9.56. The van der Waals surface area contributed by atoms with Crippen molar-refractivity contribution in [2.24, 2.45) is 0 Å². The molecule has 0 fully saturated rings. The van der Waals surface area contributed by atoms with Crippen molar-refractivity contribution in [2.75, 3.05) is 13.2 Å². The monoisotopic (exact) mass is 236 g/mol. The molecule has 1 heterocycles. The molecule has 0 aliphatic heterocycles. The molecule has 1 aromatic heterocycles. The molecule has 0 saturated carbocycles. The predicted molar refractivity (Wildman–Crippen MR) is 67.9 cm³/mol. The Labute approximate surface area is 99.5 Å². The van der Waals surface area contributed by atoms with Crippen LogP contribution in [0, 0.1) is 0 Å². The number of aliphatic hydroxyl groups is 1. The summed E-state index contributed by atoms with van der Waals surface area (Å²) in [6.45, 7) is 4.70. The van der Waals surface area contributed by atoms with Gasteiger partial charge in [0.25, 0.3) is 0 Å². The number of hydrogen-bond donors (Lipinski definition) is 1. The zero-order valence-corrected chi connectivity index (χ0v) is 10.4. The molecule has 0 aliphatic carbocycles. The van der Waals surface area contributed by atoms with Crippen molar-refractivity contribution in [3.05, 3.63) is 35.2 Å². The van der Waals surface area contributed by atoms with Crippen LogP contribution >= 0.6 is 11.3 Å². The van der Waals surface area contributed by atoms with Crippen LogP contribution in [0.2, 0.25) is 0 Å². The van der Waals surface area contributed by atoms with Crippen LogP contribution in [0.5, 0.6) is 0 Å². The number of thiophene rings is 1. The number of hydrogen-bond acceptors (Lipinski definition) is 3. The Morgan fingerprint density at radius 1 is 1.38 bits per heavy atom. The third-order valence-corrected chi connectivity index (χ3v) is 3.91. The van der Waals surface area contributed by atoms with Crippen molar-refractivity contribution in [3.63, 3.8) is 0 Å². The molecule has 0 saturated heterocycles. The van der Waals surface area contributed by atoms with Crippen LogP contribution in [-0.2, 0) is 10.3 Å². The first-order valence-corrected chi connectivity index (χ1v) is 6.24. The average molecular weight is 236 g/mol. The van der Waals surface area contributed by atoms with Gasteiger partial charge in [-0.15, -0.1) is 11.3 Å². The van der Waals surface area contributed by atoms with Gasteiger partial charge < -0.3 is 9.84 Å². The lowest BCUT2D eigenvalue weighted by Crippen LogP contribution is -2.26. The van der Waals surface area contributed by atoms with E-state index in [4.69, 9.17) is 4.74 Å². The molecule has 1 atom stereocenters. The number of benzene rings is 1. The lowest BCUT2D eigenvalue weighted by molar-refractivity contribution is -0.0318. The van der Waals surface area contributed by atoms with Crippen molar-refractivity contribution < 1.29 is 9.84 Å². The maximum Gasteiger partial charge on any atom is 0.119 e. The lowest BCUT2D eigenvalue weighted by Gasteiger charge is -2.21. The number of rotatable bonds is 4. The molecule has 1 aromatic carbocycles. The van der Waals surface area contributed by atoms with E-state index in [9.17, 15) is 5.11 Å². The zero-order chi connectivity index (χ0) is 11.6. The van der Waals surface area contributed by atoms with E-state index in [0.717, 1.165) is 4.88 Å². The van der Waals surface area contributed by atoms with Gasteiger partial charge in [-0.1, -0.05) is 18.2 Å². The molecule has 2 rings (SSSR count). The Kier molecular flexibility index (Phi) is 3.28. The van der Waals surface area contributed by atoms with E-state index in [-0.39, 0.29) is 0 Å². The molecule has 0 aliphatic rings. The van der Waals surface area contributed by atoms with Crippen LogP contribution in [0.4, 0.5) is 0 Å². The fourth-order valence-corrected chi connectivity index (χ4v) is 2.71. The largest absolute Gasteiger partial charge is 0.382 e. The Morgan fingerprint density at radius 3 is 2.81 bits per heavy atom. The summed E-state index contributed by atoms with van der Waals surface area (Å²) in [7, 11) is 0. The quantitative estimate of drug-likeness (QED) is 0.883. The molecule has 0 amide bonds. The predicted octanol–water partition coefficient (Wildman–Crippen LogP) is 3.15. The first-order valence-electron chi connectivity index (χ1n) is 5.42. The van der Waals surface area contributed by atoms with E-state index in [0.29, 0.717) is 13.2 Å². The summed E-state index contributed by atoms with van der Waals surface area (Å²) in [6.07, 6.45) is 0. The summed E-state index contributed by atoms with van der Waals surface area (Å²) in [5, 5.41) is 11.5. The molecule has 0 spiro atoms. The fraction of sp³-hybridized carbons (Fsp3) is 0.385. The third kappa shape index (κ3) is 2.26. The summed E-state index contributed by atoms with van der Waals surface area (Å²) in [5.74, 6) is 0. The molecule has 1 N–H and O–H groups in total. The summed E-state index contributed by atoms with van der Waals surface area (Å²) < 4.78 is 6.51. The standard InChI is InChI=1S/C13H16O2S/c1-3-15-9-13(2,14)12-8-10-6-4-5-7-11(10)16-12/h4-8,14H,3,9H2,1-2H3. The number of fused-ring (bicyclic) bond motifs is 1. The molecule has 0 radical (unpaired) electrons. The van der Waals surface area contributed by atoms with Gasteiger partial charge in [0.05, 0.1) is 6.61 Å². The van der Waals surface area contributed by atoms with Gasteiger partial charge in [0.15, 0.2) is 0 Å². The summed E-state index contributed by atoms with van der Waals surface area (Å²) in [4.78, 5) is 0.960. The van der Waals surface area contributed by atoms with Crippen LogP contribution in [-0.4, -0.2) is 18.3 Å². The first-order chi connectivity index (χ1) is 7.63. The van der Waals surface area contributed by atoms with Gasteiger partial charge >= 0.3 is 0 Å². The minimum Gasteiger partial charge on any atom is -0.382 e.